The normalized spacial score (nSPS) is 17.4. The fraction of sp³-hybridized carbons (Fsp3) is 0.368. The molecule has 0 aliphatic carbocycles. The third-order valence-electron chi connectivity index (χ3n) is 4.66. The van der Waals surface area contributed by atoms with Gasteiger partial charge in [-0.15, -0.1) is 0 Å². The minimum Gasteiger partial charge on any atom is -0.378 e. The molecule has 1 aliphatic rings. The first-order chi connectivity index (χ1) is 12.3. The Morgan fingerprint density at radius 1 is 1.15 bits per heavy atom. The second-order valence-corrected chi connectivity index (χ2v) is 6.65. The maximum atomic E-state index is 12.5. The molecule has 0 bridgehead atoms. The lowest BCUT2D eigenvalue weighted by molar-refractivity contribution is -0.0885. The molecule has 1 aliphatic heterocycles. The van der Waals surface area contributed by atoms with Crippen LogP contribution in [-0.4, -0.2) is 44.1 Å². The van der Waals surface area contributed by atoms with Gasteiger partial charge in [0.2, 0.25) is 0 Å². The van der Waals surface area contributed by atoms with E-state index in [1.54, 1.807) is 0 Å². The second-order valence-electron chi connectivity index (χ2n) is 6.65. The molecule has 138 valence electrons. The predicted octanol–water partition coefficient (Wildman–Crippen LogP) is 3.89. The Labute approximate surface area is 150 Å². The van der Waals surface area contributed by atoms with E-state index in [0.29, 0.717) is 11.7 Å². The average molecular weight is 363 g/mol. The summed E-state index contributed by atoms with van der Waals surface area (Å²) in [7, 11) is 3.98. The number of rotatable bonds is 4. The maximum Gasteiger partial charge on any atom is 0.454 e. The molecule has 1 unspecified atom stereocenters. The lowest BCUT2D eigenvalue weighted by Crippen LogP contribution is -2.24. The summed E-state index contributed by atoms with van der Waals surface area (Å²) >= 11 is 0. The van der Waals surface area contributed by atoms with Crippen LogP contribution in [0.15, 0.2) is 42.6 Å². The van der Waals surface area contributed by atoms with Gasteiger partial charge in [0, 0.05) is 50.6 Å². The van der Waals surface area contributed by atoms with E-state index in [1.165, 1.54) is 17.7 Å². The highest BCUT2D eigenvalue weighted by Crippen LogP contribution is 2.31. The Bertz CT molecular complexity index is 770. The molecule has 7 heteroatoms. The highest BCUT2D eigenvalue weighted by molar-refractivity contribution is 6.00. The summed E-state index contributed by atoms with van der Waals surface area (Å²) in [5.41, 5.74) is 1.94. The molecule has 2 heterocycles. The first-order valence-corrected chi connectivity index (χ1v) is 8.35. The van der Waals surface area contributed by atoms with Crippen LogP contribution in [0.3, 0.4) is 0 Å². The van der Waals surface area contributed by atoms with E-state index in [0.717, 1.165) is 31.4 Å². The first kappa shape index (κ1) is 18.2. The summed E-state index contributed by atoms with van der Waals surface area (Å²) < 4.78 is 37.4. The van der Waals surface area contributed by atoms with Gasteiger partial charge in [-0.05, 0) is 36.2 Å². The van der Waals surface area contributed by atoms with Gasteiger partial charge in [0.1, 0.15) is 5.82 Å². The molecule has 2 aromatic rings. The number of ketones is 1. The summed E-state index contributed by atoms with van der Waals surface area (Å²) in [6.07, 6.45) is -2.92. The van der Waals surface area contributed by atoms with Gasteiger partial charge in [-0.1, -0.05) is 12.1 Å². The van der Waals surface area contributed by atoms with Crippen LogP contribution in [0.2, 0.25) is 0 Å². The molecule has 0 saturated carbocycles. The third kappa shape index (κ3) is 3.81. The van der Waals surface area contributed by atoms with Crippen molar-refractivity contribution in [1.29, 1.82) is 0 Å². The number of benzene rings is 1. The minimum absolute atomic E-state index is 0.351. The number of pyridine rings is 1. The molecule has 1 fully saturated rings. The molecule has 0 N–H and O–H groups in total. The van der Waals surface area contributed by atoms with Crippen molar-refractivity contribution in [3.05, 3.63) is 53.7 Å². The number of carbonyl (C=O) groups is 1. The number of alkyl halides is 3. The minimum atomic E-state index is -4.87. The van der Waals surface area contributed by atoms with E-state index in [9.17, 15) is 18.0 Å². The van der Waals surface area contributed by atoms with E-state index < -0.39 is 17.5 Å². The van der Waals surface area contributed by atoms with Crippen molar-refractivity contribution in [2.75, 3.05) is 37.0 Å². The summed E-state index contributed by atoms with van der Waals surface area (Å²) in [5, 5.41) is 0. The van der Waals surface area contributed by atoms with Gasteiger partial charge in [0.25, 0.3) is 5.78 Å². The summed E-state index contributed by atoms with van der Waals surface area (Å²) in [6.45, 7) is 1.53. The fourth-order valence-electron chi connectivity index (χ4n) is 3.16. The zero-order valence-corrected chi connectivity index (χ0v) is 14.6. The van der Waals surface area contributed by atoms with Crippen LogP contribution in [0.4, 0.5) is 24.7 Å². The highest BCUT2D eigenvalue weighted by atomic mass is 19.4. The van der Waals surface area contributed by atoms with Crippen LogP contribution in [0.25, 0.3) is 0 Å². The predicted molar refractivity (Wildman–Crippen MR) is 95.0 cm³/mol. The molecule has 1 saturated heterocycles. The number of hydrogen-bond acceptors (Lipinski definition) is 4. The van der Waals surface area contributed by atoms with Gasteiger partial charge in [-0.3, -0.25) is 4.79 Å². The average Bonchev–Trinajstić information content (AvgIpc) is 3.10. The maximum absolute atomic E-state index is 12.5. The number of hydrogen-bond donors (Lipinski definition) is 0. The number of carbonyl (C=O) groups excluding carboxylic acids is 1. The van der Waals surface area contributed by atoms with Crippen molar-refractivity contribution in [2.24, 2.45) is 0 Å². The van der Waals surface area contributed by atoms with Crippen molar-refractivity contribution >= 4 is 17.3 Å². The molecule has 4 nitrogen and oxygen atoms in total. The van der Waals surface area contributed by atoms with Gasteiger partial charge in [0.05, 0.1) is 0 Å². The standard InChI is InChI=1S/C19H20F3N3O/c1-24(2)16-6-3-13(4-7-16)15-9-10-25(12-15)17-8-5-14(11-23-17)18(26)19(20,21)22/h3-8,11,15H,9-10,12H2,1-2H3. The lowest BCUT2D eigenvalue weighted by atomic mass is 9.98. The third-order valence-corrected chi connectivity index (χ3v) is 4.66. The number of halogens is 3. The number of aromatic nitrogens is 1. The van der Waals surface area contributed by atoms with Crippen molar-refractivity contribution in [3.8, 4) is 0 Å². The first-order valence-electron chi connectivity index (χ1n) is 8.35. The topological polar surface area (TPSA) is 36.4 Å². The van der Waals surface area contributed by atoms with Crippen molar-refractivity contribution in [1.82, 2.24) is 4.98 Å². The molecule has 1 atom stereocenters. The van der Waals surface area contributed by atoms with Gasteiger partial charge in [-0.25, -0.2) is 4.98 Å². The Morgan fingerprint density at radius 2 is 1.85 bits per heavy atom. The van der Waals surface area contributed by atoms with Crippen molar-refractivity contribution < 1.29 is 18.0 Å². The molecule has 0 radical (unpaired) electrons. The summed E-state index contributed by atoms with van der Waals surface area (Å²) in [5.74, 6) is -0.919. The Hall–Kier alpha value is -2.57. The fourth-order valence-corrected chi connectivity index (χ4v) is 3.16. The van der Waals surface area contributed by atoms with Crippen molar-refractivity contribution in [2.45, 2.75) is 18.5 Å². The second kappa shape index (κ2) is 6.97. The van der Waals surface area contributed by atoms with Crippen LogP contribution < -0.4 is 9.80 Å². The van der Waals surface area contributed by atoms with E-state index in [1.807, 2.05) is 23.9 Å². The number of nitrogens with zero attached hydrogens (tertiary/aromatic N) is 3. The van der Waals surface area contributed by atoms with Gasteiger partial charge in [-0.2, -0.15) is 13.2 Å². The van der Waals surface area contributed by atoms with Crippen LogP contribution in [0, 0.1) is 0 Å². The molecule has 1 aromatic heterocycles. The number of anilines is 2. The highest BCUT2D eigenvalue weighted by Gasteiger charge is 2.39. The monoisotopic (exact) mass is 363 g/mol. The Morgan fingerprint density at radius 3 is 2.38 bits per heavy atom. The van der Waals surface area contributed by atoms with Gasteiger partial charge >= 0.3 is 6.18 Å². The lowest BCUT2D eigenvalue weighted by Gasteiger charge is -2.18. The largest absolute Gasteiger partial charge is 0.454 e. The Kier molecular flexibility index (Phi) is 4.89. The smallest absolute Gasteiger partial charge is 0.378 e. The van der Waals surface area contributed by atoms with Crippen LogP contribution in [0.5, 0.6) is 0 Å². The van der Waals surface area contributed by atoms with Crippen molar-refractivity contribution in [3.63, 3.8) is 0 Å². The van der Waals surface area contributed by atoms with Crippen LogP contribution >= 0.6 is 0 Å². The van der Waals surface area contributed by atoms with Gasteiger partial charge < -0.3 is 9.80 Å². The molecule has 3 rings (SSSR count). The molecule has 1 aromatic carbocycles. The van der Waals surface area contributed by atoms with Crippen LogP contribution in [-0.2, 0) is 0 Å². The Balaban J connectivity index is 1.68. The van der Waals surface area contributed by atoms with E-state index >= 15 is 0 Å². The van der Waals surface area contributed by atoms with E-state index in [4.69, 9.17) is 0 Å². The molecular formula is C19H20F3N3O. The molecule has 26 heavy (non-hydrogen) atoms. The van der Waals surface area contributed by atoms with E-state index in [-0.39, 0.29) is 0 Å². The van der Waals surface area contributed by atoms with E-state index in [2.05, 4.69) is 29.2 Å². The SMILES string of the molecule is CN(C)c1ccc(C2CCN(c3ccc(C(=O)C(F)(F)F)cn3)C2)cc1. The summed E-state index contributed by atoms with van der Waals surface area (Å²) in [6, 6.07) is 11.1. The quantitative estimate of drug-likeness (QED) is 0.773. The zero-order valence-electron chi connectivity index (χ0n) is 14.6. The molecule has 0 amide bonds. The van der Waals surface area contributed by atoms with Gasteiger partial charge in [0.15, 0.2) is 0 Å². The number of Topliss-reactive ketones (excluding diaryl/α,β-unsaturated/α-hetero) is 1. The van der Waals surface area contributed by atoms with Crippen LogP contribution in [0.1, 0.15) is 28.3 Å². The summed E-state index contributed by atoms with van der Waals surface area (Å²) in [4.78, 5) is 19.4. The zero-order chi connectivity index (χ0) is 18.9. The molecule has 0 spiro atoms. The molecular weight excluding hydrogens is 343 g/mol.